The average Bonchev–Trinajstić information content (AvgIpc) is 2.36. The van der Waals surface area contributed by atoms with E-state index in [1.54, 1.807) is 0 Å². The van der Waals surface area contributed by atoms with Crippen LogP contribution in [-0.2, 0) is 15.6 Å². The fraction of sp³-hybridized carbons (Fsp3) is 0.632. The smallest absolute Gasteiger partial charge is 0.250 e. The molecule has 23 heavy (non-hydrogen) atoms. The number of amides is 1. The molecular weight excluding hydrogens is 302 g/mol. The fourth-order valence-electron chi connectivity index (χ4n) is 2.25. The Labute approximate surface area is 143 Å². The summed E-state index contributed by atoms with van der Waals surface area (Å²) < 4.78 is 6.33. The maximum absolute atomic E-state index is 12.7. The van der Waals surface area contributed by atoms with Gasteiger partial charge in [0, 0.05) is 6.04 Å². The fourth-order valence-corrected chi connectivity index (χ4v) is 3.93. The highest BCUT2D eigenvalue weighted by Gasteiger charge is 2.44. The van der Waals surface area contributed by atoms with E-state index >= 15 is 0 Å². The first-order valence-electron chi connectivity index (χ1n) is 8.40. The maximum atomic E-state index is 12.7. The molecule has 0 aromatic heterocycles. The highest BCUT2D eigenvalue weighted by molar-refractivity contribution is 6.74. The van der Waals surface area contributed by atoms with Crippen molar-refractivity contribution in [3.63, 3.8) is 0 Å². The summed E-state index contributed by atoms with van der Waals surface area (Å²) in [5.41, 5.74) is 0.414. The average molecular weight is 336 g/mol. The zero-order chi connectivity index (χ0) is 17.9. The second kappa shape index (κ2) is 7.18. The van der Waals surface area contributed by atoms with E-state index < -0.39 is 13.9 Å². The van der Waals surface area contributed by atoms with E-state index in [-0.39, 0.29) is 17.0 Å². The third-order valence-corrected chi connectivity index (χ3v) is 9.26. The van der Waals surface area contributed by atoms with E-state index in [0.717, 1.165) is 6.42 Å². The van der Waals surface area contributed by atoms with Crippen molar-refractivity contribution in [2.24, 2.45) is 0 Å². The van der Waals surface area contributed by atoms with E-state index in [9.17, 15) is 4.79 Å². The van der Waals surface area contributed by atoms with Crippen molar-refractivity contribution in [1.82, 2.24) is 5.32 Å². The van der Waals surface area contributed by atoms with E-state index in [2.05, 4.69) is 51.3 Å². The zero-order valence-electron chi connectivity index (χ0n) is 16.0. The van der Waals surface area contributed by atoms with Gasteiger partial charge >= 0.3 is 0 Å². The Morgan fingerprint density at radius 3 is 2.13 bits per heavy atom. The second-order valence-corrected chi connectivity index (χ2v) is 13.2. The molecule has 1 unspecified atom stereocenters. The van der Waals surface area contributed by atoms with Crippen LogP contribution in [-0.4, -0.2) is 25.9 Å². The van der Waals surface area contributed by atoms with Crippen molar-refractivity contribution in [1.29, 1.82) is 0 Å². The molecule has 0 heterocycles. The summed E-state index contributed by atoms with van der Waals surface area (Å²) in [4.78, 5) is 12.7. The number of carbonyl (C=O) groups is 1. The highest BCUT2D eigenvalue weighted by Crippen LogP contribution is 2.39. The van der Waals surface area contributed by atoms with Gasteiger partial charge < -0.3 is 9.74 Å². The lowest BCUT2D eigenvalue weighted by atomic mass is 10.1. The van der Waals surface area contributed by atoms with Gasteiger partial charge in [-0.1, -0.05) is 51.1 Å². The summed E-state index contributed by atoms with van der Waals surface area (Å²) in [5.74, 6) is -0.0363. The van der Waals surface area contributed by atoms with Crippen molar-refractivity contribution in [3.8, 4) is 0 Å². The molecule has 3 nitrogen and oxygen atoms in total. The van der Waals surface area contributed by atoms with Crippen LogP contribution in [0.4, 0.5) is 0 Å². The van der Waals surface area contributed by atoms with Crippen molar-refractivity contribution >= 4 is 14.2 Å². The first-order valence-corrected chi connectivity index (χ1v) is 11.3. The molecular formula is C19H33NO2Si. The van der Waals surface area contributed by atoms with Crippen molar-refractivity contribution in [3.05, 3.63) is 35.9 Å². The summed E-state index contributed by atoms with van der Waals surface area (Å²) in [6.07, 6.45) is 0.822. The predicted molar refractivity (Wildman–Crippen MR) is 100 cm³/mol. The number of hydrogen-bond donors (Lipinski definition) is 1. The molecule has 1 amide bonds. The molecule has 0 aliphatic rings. The first kappa shape index (κ1) is 19.9. The summed E-state index contributed by atoms with van der Waals surface area (Å²) in [7, 11) is -1.99. The summed E-state index contributed by atoms with van der Waals surface area (Å²) in [5, 5.41) is 3.18. The Hall–Kier alpha value is -1.13. The summed E-state index contributed by atoms with van der Waals surface area (Å²) in [6.45, 7) is 16.7. The second-order valence-electron chi connectivity index (χ2n) is 8.44. The Bertz CT molecular complexity index is 518. The van der Waals surface area contributed by atoms with E-state index in [0.29, 0.717) is 0 Å². The molecule has 0 saturated heterocycles. The third kappa shape index (κ3) is 5.77. The van der Waals surface area contributed by atoms with Gasteiger partial charge in [-0.2, -0.15) is 0 Å². The Kier molecular flexibility index (Phi) is 6.22. The van der Waals surface area contributed by atoms with Crippen LogP contribution in [0.25, 0.3) is 0 Å². The molecule has 1 N–H and O–H groups in total. The van der Waals surface area contributed by atoms with Gasteiger partial charge in [-0.3, -0.25) is 4.79 Å². The summed E-state index contributed by atoms with van der Waals surface area (Å²) >= 11 is 0. The molecule has 0 saturated carbocycles. The van der Waals surface area contributed by atoms with E-state index in [1.165, 1.54) is 5.56 Å². The number of hydrogen-bond acceptors (Lipinski definition) is 2. The molecule has 1 aromatic carbocycles. The van der Waals surface area contributed by atoms with Crippen LogP contribution < -0.4 is 5.32 Å². The first-order chi connectivity index (χ1) is 10.3. The minimum Gasteiger partial charge on any atom is -0.403 e. The van der Waals surface area contributed by atoms with E-state index in [1.807, 2.05) is 39.0 Å². The molecule has 0 aliphatic heterocycles. The lowest BCUT2D eigenvalue weighted by molar-refractivity contribution is -0.135. The number of carbonyl (C=O) groups excluding carboxylic acids is 1. The van der Waals surface area contributed by atoms with Crippen molar-refractivity contribution in [2.75, 3.05) is 0 Å². The zero-order valence-corrected chi connectivity index (χ0v) is 17.0. The largest absolute Gasteiger partial charge is 0.403 e. The van der Waals surface area contributed by atoms with Gasteiger partial charge in [-0.05, 0) is 50.9 Å². The predicted octanol–water partition coefficient (Wildman–Crippen LogP) is 4.53. The van der Waals surface area contributed by atoms with Crippen LogP contribution >= 0.6 is 0 Å². The van der Waals surface area contributed by atoms with E-state index in [4.69, 9.17) is 4.43 Å². The van der Waals surface area contributed by atoms with Crippen molar-refractivity contribution < 1.29 is 9.22 Å². The minimum absolute atomic E-state index is 0.0363. The Balaban J connectivity index is 2.68. The van der Waals surface area contributed by atoms with Gasteiger partial charge in [0.2, 0.25) is 0 Å². The standard InChI is InChI=1S/C19H33NO2Si/c1-15(14-16-12-10-9-11-13-16)20-17(21)19(5,6)22-23(7,8)18(2,3)4/h9-13,15H,14H2,1-8H3,(H,20,21). The van der Waals surface area contributed by atoms with Crippen LogP contribution in [0.15, 0.2) is 30.3 Å². The normalized spacial score (nSPS) is 14.4. The van der Waals surface area contributed by atoms with Gasteiger partial charge in [-0.25, -0.2) is 0 Å². The van der Waals surface area contributed by atoms with Gasteiger partial charge in [0.05, 0.1) is 0 Å². The quantitative estimate of drug-likeness (QED) is 0.775. The molecule has 0 fully saturated rings. The molecule has 130 valence electrons. The third-order valence-electron chi connectivity index (χ3n) is 4.63. The maximum Gasteiger partial charge on any atom is 0.250 e. The molecule has 0 spiro atoms. The van der Waals surface area contributed by atoms with Gasteiger partial charge in [0.15, 0.2) is 8.32 Å². The molecule has 0 aliphatic carbocycles. The van der Waals surface area contributed by atoms with Crippen LogP contribution in [0, 0.1) is 0 Å². The molecule has 0 bridgehead atoms. The number of nitrogens with one attached hydrogen (secondary N) is 1. The molecule has 1 aromatic rings. The summed E-state index contributed by atoms with van der Waals surface area (Å²) in [6, 6.07) is 10.3. The van der Waals surface area contributed by atoms with Gasteiger partial charge in [-0.15, -0.1) is 0 Å². The van der Waals surface area contributed by atoms with Crippen LogP contribution in [0.3, 0.4) is 0 Å². The molecule has 1 rings (SSSR count). The van der Waals surface area contributed by atoms with Gasteiger partial charge in [0.25, 0.3) is 5.91 Å². The SMILES string of the molecule is CC(Cc1ccccc1)NC(=O)C(C)(C)O[Si](C)(C)C(C)(C)C. The van der Waals surface area contributed by atoms with Gasteiger partial charge in [0.1, 0.15) is 5.60 Å². The van der Waals surface area contributed by atoms with Crippen LogP contribution in [0.5, 0.6) is 0 Å². The Morgan fingerprint density at radius 1 is 1.13 bits per heavy atom. The Morgan fingerprint density at radius 2 is 1.65 bits per heavy atom. The highest BCUT2D eigenvalue weighted by atomic mass is 28.4. The number of rotatable bonds is 6. The topological polar surface area (TPSA) is 38.3 Å². The monoisotopic (exact) mass is 335 g/mol. The van der Waals surface area contributed by atoms with Crippen molar-refractivity contribution in [2.45, 2.75) is 77.7 Å². The molecule has 0 radical (unpaired) electrons. The van der Waals surface area contributed by atoms with Crippen LogP contribution in [0.2, 0.25) is 18.1 Å². The minimum atomic E-state index is -1.99. The lowest BCUT2D eigenvalue weighted by Crippen LogP contribution is -2.55. The lowest BCUT2D eigenvalue weighted by Gasteiger charge is -2.42. The van der Waals surface area contributed by atoms with Crippen LogP contribution in [0.1, 0.15) is 47.1 Å². The molecule has 4 heteroatoms. The molecule has 1 atom stereocenters. The number of benzene rings is 1.